The highest BCUT2D eigenvalue weighted by Gasteiger charge is 2.05. The molecule has 22 heavy (non-hydrogen) atoms. The number of amides is 2. The van der Waals surface area contributed by atoms with E-state index in [4.69, 9.17) is 16.0 Å². The van der Waals surface area contributed by atoms with Gasteiger partial charge in [-0.3, -0.25) is 4.98 Å². The number of carbonyl (C=O) groups excluding carboxylic acids is 1. The lowest BCUT2D eigenvalue weighted by Crippen LogP contribution is -2.28. The molecule has 0 saturated heterocycles. The van der Waals surface area contributed by atoms with Crippen molar-refractivity contribution in [3.63, 3.8) is 0 Å². The molecule has 1 heterocycles. The van der Waals surface area contributed by atoms with Crippen LogP contribution >= 0.6 is 11.6 Å². The molecule has 3 rings (SSSR count). The van der Waals surface area contributed by atoms with Crippen LogP contribution in [0.4, 0.5) is 10.5 Å². The van der Waals surface area contributed by atoms with Crippen LogP contribution in [-0.2, 0) is 6.54 Å². The van der Waals surface area contributed by atoms with Gasteiger partial charge >= 0.3 is 11.8 Å². The number of oxazole rings is 1. The average Bonchev–Trinajstić information content (AvgIpc) is 2.84. The topological polar surface area (TPSA) is 87.1 Å². The lowest BCUT2D eigenvalue weighted by Gasteiger charge is -2.07. The van der Waals surface area contributed by atoms with E-state index in [1.165, 1.54) is 0 Å². The largest absolute Gasteiger partial charge is 0.417 e. The lowest BCUT2D eigenvalue weighted by molar-refractivity contribution is 0.251. The van der Waals surface area contributed by atoms with Crippen LogP contribution in [0.3, 0.4) is 0 Å². The molecule has 0 fully saturated rings. The van der Waals surface area contributed by atoms with Crippen LogP contribution in [0.1, 0.15) is 5.56 Å². The van der Waals surface area contributed by atoms with E-state index < -0.39 is 5.76 Å². The maximum absolute atomic E-state index is 11.9. The number of hydrogen-bond donors (Lipinski definition) is 3. The van der Waals surface area contributed by atoms with Crippen molar-refractivity contribution < 1.29 is 9.21 Å². The summed E-state index contributed by atoms with van der Waals surface area (Å²) < 4.78 is 4.94. The van der Waals surface area contributed by atoms with Gasteiger partial charge in [-0.25, -0.2) is 9.59 Å². The monoisotopic (exact) mass is 317 g/mol. The fourth-order valence-electron chi connectivity index (χ4n) is 2.03. The summed E-state index contributed by atoms with van der Waals surface area (Å²) in [5.74, 6) is -0.530. The van der Waals surface area contributed by atoms with Gasteiger partial charge in [0.1, 0.15) is 0 Å². The first kappa shape index (κ1) is 14.2. The maximum atomic E-state index is 11.9. The fraction of sp³-hybridized carbons (Fsp3) is 0.0667. The first-order valence-electron chi connectivity index (χ1n) is 6.52. The van der Waals surface area contributed by atoms with E-state index in [-0.39, 0.29) is 6.03 Å². The van der Waals surface area contributed by atoms with E-state index in [0.717, 1.165) is 5.56 Å². The molecular weight excluding hydrogens is 306 g/mol. The molecule has 0 saturated carbocycles. The summed E-state index contributed by atoms with van der Waals surface area (Å²) in [4.78, 5) is 25.5. The summed E-state index contributed by atoms with van der Waals surface area (Å²) in [6.45, 7) is 0.355. The number of rotatable bonds is 3. The van der Waals surface area contributed by atoms with Crippen LogP contribution in [0, 0.1) is 0 Å². The number of hydrogen-bond acceptors (Lipinski definition) is 3. The molecule has 2 aromatic carbocycles. The van der Waals surface area contributed by atoms with Crippen LogP contribution in [0.15, 0.2) is 51.7 Å². The van der Waals surface area contributed by atoms with E-state index in [9.17, 15) is 9.59 Å². The zero-order valence-corrected chi connectivity index (χ0v) is 12.1. The number of aromatic nitrogens is 1. The number of halogens is 1. The summed E-state index contributed by atoms with van der Waals surface area (Å²) in [5.41, 5.74) is 2.39. The van der Waals surface area contributed by atoms with Crippen LogP contribution in [-0.4, -0.2) is 11.0 Å². The number of benzene rings is 2. The molecule has 112 valence electrons. The van der Waals surface area contributed by atoms with Crippen molar-refractivity contribution in [2.24, 2.45) is 0 Å². The third-order valence-corrected chi connectivity index (χ3v) is 3.26. The van der Waals surface area contributed by atoms with Crippen molar-refractivity contribution in [3.05, 3.63) is 63.6 Å². The maximum Gasteiger partial charge on any atom is 0.417 e. The van der Waals surface area contributed by atoms with Crippen molar-refractivity contribution in [1.82, 2.24) is 10.3 Å². The summed E-state index contributed by atoms with van der Waals surface area (Å²) in [6, 6.07) is 11.8. The van der Waals surface area contributed by atoms with E-state index in [0.29, 0.717) is 28.4 Å². The Kier molecular flexibility index (Phi) is 3.84. The summed E-state index contributed by atoms with van der Waals surface area (Å²) >= 11 is 5.88. The standard InChI is InChI=1S/C15H12ClN3O3/c16-10-3-1-2-9(6-10)8-17-14(20)18-11-4-5-12-13(7-11)22-15(21)19-12/h1-7H,8H2,(H,19,21)(H2,17,18,20). The van der Waals surface area contributed by atoms with Crippen molar-refractivity contribution in [2.75, 3.05) is 5.32 Å². The molecule has 0 unspecified atom stereocenters. The molecule has 0 atom stereocenters. The third kappa shape index (κ3) is 3.29. The minimum Gasteiger partial charge on any atom is -0.408 e. The van der Waals surface area contributed by atoms with Crippen molar-refractivity contribution in [2.45, 2.75) is 6.54 Å². The smallest absolute Gasteiger partial charge is 0.408 e. The summed E-state index contributed by atoms with van der Waals surface area (Å²) in [5, 5.41) is 6.01. The quantitative estimate of drug-likeness (QED) is 0.693. The highest BCUT2D eigenvalue weighted by molar-refractivity contribution is 6.30. The molecule has 3 aromatic rings. The van der Waals surface area contributed by atoms with Crippen LogP contribution in [0.5, 0.6) is 0 Å². The van der Waals surface area contributed by atoms with Crippen LogP contribution in [0.25, 0.3) is 11.1 Å². The number of H-pyrrole nitrogens is 1. The van der Waals surface area contributed by atoms with E-state index >= 15 is 0 Å². The van der Waals surface area contributed by atoms with Gasteiger partial charge in [-0.1, -0.05) is 23.7 Å². The van der Waals surface area contributed by atoms with Gasteiger partial charge in [-0.05, 0) is 29.8 Å². The lowest BCUT2D eigenvalue weighted by atomic mass is 10.2. The first-order valence-corrected chi connectivity index (χ1v) is 6.90. The molecule has 0 aliphatic heterocycles. The zero-order valence-electron chi connectivity index (χ0n) is 11.4. The predicted molar refractivity (Wildman–Crippen MR) is 84.1 cm³/mol. The number of urea groups is 1. The Morgan fingerprint density at radius 1 is 1.23 bits per heavy atom. The second-order valence-electron chi connectivity index (χ2n) is 4.66. The first-order chi connectivity index (χ1) is 10.6. The van der Waals surface area contributed by atoms with Gasteiger partial charge in [0, 0.05) is 23.3 Å². The van der Waals surface area contributed by atoms with Gasteiger partial charge in [0.15, 0.2) is 5.58 Å². The zero-order chi connectivity index (χ0) is 15.5. The number of nitrogens with one attached hydrogen (secondary N) is 3. The molecule has 3 N–H and O–H groups in total. The molecule has 2 amide bonds. The Hall–Kier alpha value is -2.73. The van der Waals surface area contributed by atoms with Gasteiger partial charge in [0.25, 0.3) is 0 Å². The molecule has 0 bridgehead atoms. The minimum absolute atomic E-state index is 0.355. The Morgan fingerprint density at radius 2 is 2.09 bits per heavy atom. The summed E-state index contributed by atoms with van der Waals surface area (Å²) in [7, 11) is 0. The van der Waals surface area contributed by atoms with Crippen molar-refractivity contribution in [1.29, 1.82) is 0 Å². The highest BCUT2D eigenvalue weighted by atomic mass is 35.5. The molecule has 0 spiro atoms. The van der Waals surface area contributed by atoms with Crippen LogP contribution in [0.2, 0.25) is 5.02 Å². The van der Waals surface area contributed by atoms with Crippen molar-refractivity contribution >= 4 is 34.4 Å². The minimum atomic E-state index is -0.530. The number of carbonyl (C=O) groups is 1. The fourth-order valence-corrected chi connectivity index (χ4v) is 2.24. The van der Waals surface area contributed by atoms with Gasteiger partial charge in [-0.2, -0.15) is 0 Å². The van der Waals surface area contributed by atoms with E-state index in [1.54, 1.807) is 30.3 Å². The second-order valence-corrected chi connectivity index (χ2v) is 5.10. The Bertz CT molecular complexity index is 885. The SMILES string of the molecule is O=C(NCc1cccc(Cl)c1)Nc1ccc2[nH]c(=O)oc2c1. The number of fused-ring (bicyclic) bond motifs is 1. The second kappa shape index (κ2) is 5.95. The third-order valence-electron chi connectivity index (χ3n) is 3.02. The van der Waals surface area contributed by atoms with Gasteiger partial charge in [-0.15, -0.1) is 0 Å². The van der Waals surface area contributed by atoms with E-state index in [2.05, 4.69) is 15.6 Å². The Balaban J connectivity index is 1.64. The van der Waals surface area contributed by atoms with E-state index in [1.807, 2.05) is 12.1 Å². The molecule has 0 aliphatic carbocycles. The molecule has 0 radical (unpaired) electrons. The molecule has 0 aliphatic rings. The van der Waals surface area contributed by atoms with Crippen molar-refractivity contribution in [3.8, 4) is 0 Å². The predicted octanol–water partition coefficient (Wildman–Crippen LogP) is 3.10. The van der Waals surface area contributed by atoms with Gasteiger partial charge < -0.3 is 15.1 Å². The molecular formula is C15H12ClN3O3. The average molecular weight is 318 g/mol. The van der Waals surface area contributed by atoms with Gasteiger partial charge in [0.05, 0.1) is 5.52 Å². The van der Waals surface area contributed by atoms with Gasteiger partial charge in [0.2, 0.25) is 0 Å². The number of anilines is 1. The molecule has 6 nitrogen and oxygen atoms in total. The molecule has 7 heteroatoms. The number of aromatic amines is 1. The normalized spacial score (nSPS) is 10.6. The van der Waals surface area contributed by atoms with Crippen LogP contribution < -0.4 is 16.4 Å². The molecule has 1 aromatic heterocycles. The highest BCUT2D eigenvalue weighted by Crippen LogP contribution is 2.16. The Labute approximate surface area is 130 Å². The summed E-state index contributed by atoms with van der Waals surface area (Å²) in [6.07, 6.45) is 0. The Morgan fingerprint density at radius 3 is 2.91 bits per heavy atom.